The van der Waals surface area contributed by atoms with Gasteiger partial charge in [0.05, 0.1) is 18.2 Å². The van der Waals surface area contributed by atoms with Gasteiger partial charge in [0.2, 0.25) is 0 Å². The molecule has 0 saturated heterocycles. The Morgan fingerprint density at radius 1 is 1.06 bits per heavy atom. The largest absolute Gasteiger partial charge is 0.490 e. The monoisotopic (exact) mass is 515 g/mol. The zero-order valence-corrected chi connectivity index (χ0v) is 20.7. The number of halogens is 3. The van der Waals surface area contributed by atoms with E-state index in [0.29, 0.717) is 16.4 Å². The fourth-order valence-corrected chi connectivity index (χ4v) is 6.10. The zero-order valence-electron chi connectivity index (χ0n) is 19.8. The molecule has 6 nitrogen and oxygen atoms in total. The number of fused-ring (bicyclic) bond motifs is 1. The van der Waals surface area contributed by atoms with Crippen LogP contribution in [0.4, 0.5) is 13.2 Å². The summed E-state index contributed by atoms with van der Waals surface area (Å²) in [5, 5.41) is 0.296. The van der Waals surface area contributed by atoms with Crippen molar-refractivity contribution in [1.82, 2.24) is 0 Å². The van der Waals surface area contributed by atoms with Crippen LogP contribution in [0.5, 0.6) is 5.75 Å². The number of hydrogen-bond donors (Lipinski definition) is 3. The first-order valence-electron chi connectivity index (χ1n) is 12.1. The Bertz CT molecular complexity index is 1100. The minimum absolute atomic E-state index is 0.00924. The number of alkyl halides is 3. The molecule has 2 aliphatic carbocycles. The Hall–Kier alpha value is -1.64. The van der Waals surface area contributed by atoms with E-state index in [9.17, 15) is 17.7 Å². The van der Waals surface area contributed by atoms with Crippen molar-refractivity contribution in [2.24, 2.45) is 11.1 Å². The summed E-state index contributed by atoms with van der Waals surface area (Å²) in [5.74, 6) is -0.164. The topological polar surface area (TPSA) is 102 Å². The standard InChI is InChI=1S/C25H33F3NO5P/c1-23(29,16-33-35(30,31)32)18-6-7-20-17(15-18)5-8-21(22(20)25(26,27)28)34-19-9-13-24(14-10-19)11-3-2-4-12-24/h5-8,15,19H,2-4,9-14,16,29H2,1H3,(H2,30,31,32)/t23-/m0/s1. The molecule has 0 aliphatic heterocycles. The Labute approximate surface area is 203 Å². The van der Waals surface area contributed by atoms with Crippen molar-refractivity contribution in [3.63, 3.8) is 0 Å². The van der Waals surface area contributed by atoms with E-state index in [1.807, 2.05) is 0 Å². The molecule has 2 fully saturated rings. The van der Waals surface area contributed by atoms with Crippen molar-refractivity contribution in [1.29, 1.82) is 0 Å². The predicted octanol–water partition coefficient (Wildman–Crippen LogP) is 6.41. The summed E-state index contributed by atoms with van der Waals surface area (Å²) >= 11 is 0. The second-order valence-electron chi connectivity index (χ2n) is 10.4. The van der Waals surface area contributed by atoms with E-state index in [1.165, 1.54) is 63.3 Å². The summed E-state index contributed by atoms with van der Waals surface area (Å²) in [4.78, 5) is 17.9. The molecule has 0 bridgehead atoms. The third-order valence-electron chi connectivity index (χ3n) is 7.66. The van der Waals surface area contributed by atoms with E-state index < -0.39 is 31.7 Å². The molecule has 2 aliphatic rings. The normalized spacial score (nSPS) is 21.2. The average molecular weight is 516 g/mol. The summed E-state index contributed by atoms with van der Waals surface area (Å²) in [7, 11) is -4.74. The van der Waals surface area contributed by atoms with E-state index in [0.717, 1.165) is 25.7 Å². The number of phosphoric acid groups is 1. The Morgan fingerprint density at radius 2 is 1.71 bits per heavy atom. The van der Waals surface area contributed by atoms with Crippen molar-refractivity contribution in [2.45, 2.75) is 82.5 Å². The average Bonchev–Trinajstić information content (AvgIpc) is 2.78. The molecule has 0 radical (unpaired) electrons. The molecule has 194 valence electrons. The molecule has 0 unspecified atom stereocenters. The third-order valence-corrected chi connectivity index (χ3v) is 8.12. The van der Waals surface area contributed by atoms with E-state index in [-0.39, 0.29) is 17.2 Å². The molecule has 2 saturated carbocycles. The molecule has 0 heterocycles. The Kier molecular flexibility index (Phi) is 7.30. The highest BCUT2D eigenvalue weighted by Gasteiger charge is 2.40. The van der Waals surface area contributed by atoms with Gasteiger partial charge in [-0.3, -0.25) is 4.52 Å². The summed E-state index contributed by atoms with van der Waals surface area (Å²) in [6.07, 6.45) is 4.85. The molecule has 4 rings (SSSR count). The van der Waals surface area contributed by atoms with Crippen molar-refractivity contribution in [3.8, 4) is 5.75 Å². The molecule has 0 aromatic heterocycles. The van der Waals surface area contributed by atoms with E-state index >= 15 is 0 Å². The van der Waals surface area contributed by atoms with Crippen LogP contribution in [0, 0.1) is 5.41 Å². The van der Waals surface area contributed by atoms with Gasteiger partial charge in [0, 0.05) is 0 Å². The summed E-state index contributed by atoms with van der Waals surface area (Å²) in [6, 6.07) is 7.18. The zero-order chi connectivity index (χ0) is 25.5. The number of ether oxygens (including phenoxy) is 1. The second kappa shape index (κ2) is 9.67. The number of benzene rings is 2. The van der Waals surface area contributed by atoms with Crippen LogP contribution >= 0.6 is 7.82 Å². The molecule has 2 aromatic rings. The highest BCUT2D eigenvalue weighted by atomic mass is 31.2. The molecule has 1 spiro atoms. The molecule has 2 aromatic carbocycles. The smallest absolute Gasteiger partial charge is 0.469 e. The van der Waals surface area contributed by atoms with Crippen molar-refractivity contribution in [3.05, 3.63) is 41.5 Å². The SMILES string of the molecule is C[C@](N)(COP(=O)(O)O)c1ccc2c(C(F)(F)F)c(OC3CCC4(CCCCC4)CC3)ccc2c1. The lowest BCUT2D eigenvalue weighted by molar-refractivity contribution is -0.138. The molecular formula is C25H33F3NO5P. The molecule has 1 atom stereocenters. The fourth-order valence-electron chi connectivity index (χ4n) is 5.66. The molecule has 0 amide bonds. The van der Waals surface area contributed by atoms with Crippen molar-refractivity contribution in [2.75, 3.05) is 6.61 Å². The van der Waals surface area contributed by atoms with Crippen LogP contribution in [0.3, 0.4) is 0 Å². The summed E-state index contributed by atoms with van der Waals surface area (Å²) in [6.45, 7) is 0.993. The number of phosphoric ester groups is 1. The maximum absolute atomic E-state index is 14.2. The van der Waals surface area contributed by atoms with Gasteiger partial charge in [-0.05, 0) is 79.3 Å². The number of nitrogens with two attached hydrogens (primary N) is 1. The first-order valence-corrected chi connectivity index (χ1v) is 13.6. The van der Waals surface area contributed by atoms with Crippen LogP contribution in [0.25, 0.3) is 10.8 Å². The highest BCUT2D eigenvalue weighted by molar-refractivity contribution is 7.46. The van der Waals surface area contributed by atoms with Crippen LogP contribution in [-0.4, -0.2) is 22.5 Å². The molecule has 35 heavy (non-hydrogen) atoms. The van der Waals surface area contributed by atoms with Gasteiger partial charge >= 0.3 is 14.0 Å². The van der Waals surface area contributed by atoms with Crippen LogP contribution < -0.4 is 10.5 Å². The van der Waals surface area contributed by atoms with Gasteiger partial charge in [0.1, 0.15) is 11.3 Å². The maximum atomic E-state index is 14.2. The van der Waals surface area contributed by atoms with E-state index in [4.69, 9.17) is 20.3 Å². The lowest BCUT2D eigenvalue weighted by Gasteiger charge is -2.43. The van der Waals surface area contributed by atoms with Gasteiger partial charge in [-0.1, -0.05) is 37.5 Å². The maximum Gasteiger partial charge on any atom is 0.469 e. The lowest BCUT2D eigenvalue weighted by atomic mass is 9.65. The Morgan fingerprint density at radius 3 is 2.31 bits per heavy atom. The minimum atomic E-state index is -4.74. The lowest BCUT2D eigenvalue weighted by Crippen LogP contribution is -2.37. The molecule has 10 heteroatoms. The summed E-state index contributed by atoms with van der Waals surface area (Å²) in [5.41, 5.74) is 4.77. The predicted molar refractivity (Wildman–Crippen MR) is 127 cm³/mol. The first-order chi connectivity index (χ1) is 16.3. The van der Waals surface area contributed by atoms with Crippen LogP contribution in [-0.2, 0) is 20.8 Å². The van der Waals surface area contributed by atoms with Gasteiger partial charge in [0.15, 0.2) is 0 Å². The fraction of sp³-hybridized carbons (Fsp3) is 0.600. The summed E-state index contributed by atoms with van der Waals surface area (Å²) < 4.78 is 64.1. The van der Waals surface area contributed by atoms with Gasteiger partial charge < -0.3 is 20.3 Å². The quantitative estimate of drug-likeness (QED) is 0.384. The Balaban J connectivity index is 1.58. The van der Waals surface area contributed by atoms with Crippen molar-refractivity contribution >= 4 is 18.6 Å². The third kappa shape index (κ3) is 6.20. The second-order valence-corrected chi connectivity index (χ2v) is 11.7. The van der Waals surface area contributed by atoms with Gasteiger partial charge in [-0.15, -0.1) is 0 Å². The van der Waals surface area contributed by atoms with Crippen LogP contribution in [0.2, 0.25) is 0 Å². The van der Waals surface area contributed by atoms with Gasteiger partial charge in [0.25, 0.3) is 0 Å². The number of hydrogen-bond acceptors (Lipinski definition) is 4. The van der Waals surface area contributed by atoms with Crippen LogP contribution in [0.15, 0.2) is 30.3 Å². The molecule has 4 N–H and O–H groups in total. The van der Waals surface area contributed by atoms with E-state index in [1.54, 1.807) is 6.07 Å². The molecular weight excluding hydrogens is 482 g/mol. The highest BCUT2D eigenvalue weighted by Crippen LogP contribution is 2.49. The number of rotatable bonds is 6. The first kappa shape index (κ1) is 26.4. The minimum Gasteiger partial charge on any atom is -0.490 e. The van der Waals surface area contributed by atoms with Crippen LogP contribution in [0.1, 0.15) is 75.8 Å². The van der Waals surface area contributed by atoms with Gasteiger partial charge in [-0.25, -0.2) is 4.57 Å². The van der Waals surface area contributed by atoms with Gasteiger partial charge in [-0.2, -0.15) is 13.2 Å². The van der Waals surface area contributed by atoms with Crippen molar-refractivity contribution < 1.29 is 36.8 Å². The van der Waals surface area contributed by atoms with E-state index in [2.05, 4.69) is 4.52 Å².